The van der Waals surface area contributed by atoms with Crippen molar-refractivity contribution in [3.05, 3.63) is 92.5 Å². The summed E-state index contributed by atoms with van der Waals surface area (Å²) in [6, 6.07) is 17.8. The number of ether oxygens (including phenoxy) is 1. The molecule has 3 amide bonds. The maximum absolute atomic E-state index is 13.5. The van der Waals surface area contributed by atoms with Gasteiger partial charge in [-0.15, -0.1) is 0 Å². The summed E-state index contributed by atoms with van der Waals surface area (Å²) in [7, 11) is 1.58. The van der Waals surface area contributed by atoms with E-state index in [0.29, 0.717) is 41.9 Å². The van der Waals surface area contributed by atoms with Crippen LogP contribution >= 0.6 is 11.6 Å². The lowest BCUT2D eigenvalue weighted by molar-refractivity contribution is -0.142. The van der Waals surface area contributed by atoms with Gasteiger partial charge in [-0.3, -0.25) is 19.1 Å². The molecule has 0 spiro atoms. The monoisotopic (exact) mass is 792 g/mol. The van der Waals surface area contributed by atoms with Crippen molar-refractivity contribution in [2.24, 2.45) is 11.8 Å². The van der Waals surface area contributed by atoms with E-state index < -0.39 is 5.41 Å². The van der Waals surface area contributed by atoms with Crippen LogP contribution in [0.4, 0.5) is 10.5 Å². The van der Waals surface area contributed by atoms with Gasteiger partial charge >= 0.3 is 6.03 Å². The molecule has 1 aliphatic carbocycles. The third-order valence-corrected chi connectivity index (χ3v) is 13.4. The highest BCUT2D eigenvalue weighted by molar-refractivity contribution is 6.35. The van der Waals surface area contributed by atoms with Crippen LogP contribution in [0, 0.1) is 18.8 Å². The van der Waals surface area contributed by atoms with Crippen LogP contribution in [-0.2, 0) is 15.0 Å². The number of rotatable bonds is 10. The molecule has 0 atom stereocenters. The van der Waals surface area contributed by atoms with E-state index in [4.69, 9.17) is 16.3 Å². The number of nitrogens with one attached hydrogen (secondary N) is 1. The third kappa shape index (κ3) is 7.33. The SMILES string of the molecule is CNC(=O)N(CCC=O)c1cccc(OC2CCN(C(=O)C3CC(CN4CCC(c5ccc6c(c5)-n5c(nc(=O)c7c(Cl)cccc75)C6(C)C)CC4)C3)CC2)c1C. The Bertz CT molecular complexity index is 2250. The minimum atomic E-state index is -0.397. The molecule has 0 unspecified atom stereocenters. The molecule has 300 valence electrons. The fourth-order valence-corrected chi connectivity index (χ4v) is 9.98. The fourth-order valence-electron chi connectivity index (χ4n) is 9.73. The number of hydrogen-bond donors (Lipinski definition) is 1. The Morgan fingerprint density at radius 2 is 1.75 bits per heavy atom. The number of hydrogen-bond acceptors (Lipinski definition) is 7. The van der Waals surface area contributed by atoms with Crippen LogP contribution in [-0.4, -0.2) is 90.0 Å². The average molecular weight is 793 g/mol. The first-order valence-corrected chi connectivity index (χ1v) is 20.9. The molecular weight excluding hydrogens is 740 g/mol. The molecule has 1 saturated carbocycles. The summed E-state index contributed by atoms with van der Waals surface area (Å²) < 4.78 is 8.58. The second-order valence-corrected chi connectivity index (χ2v) is 17.3. The zero-order chi connectivity index (χ0) is 40.0. The standard InChI is InChI=1S/C45H53ClN6O5/c1-28-36(51(18-7-23-53)44(56)47-4)9-6-11-39(28)57-33-16-21-50(22-17-33)42(55)32-24-29(25-32)27-49-19-14-30(15-20-49)31-12-13-34-38(26-31)52-37-10-5-8-35(46)40(37)41(54)48-43(52)45(34,2)3/h5-6,8-13,23,26,29-30,32-33H,7,14-22,24-25,27H2,1-4H3,(H,47,56). The number of carbonyl (C=O) groups excluding carboxylic acids is 3. The molecule has 1 N–H and O–H groups in total. The number of anilines is 1. The van der Waals surface area contributed by atoms with E-state index in [-0.39, 0.29) is 35.9 Å². The van der Waals surface area contributed by atoms with E-state index >= 15 is 0 Å². The average Bonchev–Trinajstić information content (AvgIpc) is 3.42. The van der Waals surface area contributed by atoms with E-state index in [9.17, 15) is 19.2 Å². The highest BCUT2D eigenvalue weighted by Crippen LogP contribution is 2.45. The first-order valence-electron chi connectivity index (χ1n) is 20.5. The van der Waals surface area contributed by atoms with E-state index in [2.05, 4.69) is 51.8 Å². The molecule has 0 bridgehead atoms. The lowest BCUT2D eigenvalue weighted by atomic mass is 9.73. The molecule has 4 aromatic rings. The molecule has 4 aliphatic rings. The van der Waals surface area contributed by atoms with Crippen molar-refractivity contribution in [1.29, 1.82) is 0 Å². The Kier molecular flexibility index (Phi) is 10.9. The maximum atomic E-state index is 13.5. The number of halogens is 1. The van der Waals surface area contributed by atoms with Gasteiger partial charge in [0.05, 0.1) is 32.7 Å². The van der Waals surface area contributed by atoms with Crippen LogP contribution in [0.5, 0.6) is 5.75 Å². The Morgan fingerprint density at radius 1 is 1.02 bits per heavy atom. The summed E-state index contributed by atoms with van der Waals surface area (Å²) in [6.07, 6.45) is 6.68. The zero-order valence-corrected chi connectivity index (χ0v) is 34.2. The van der Waals surface area contributed by atoms with Crippen LogP contribution in [0.1, 0.15) is 87.2 Å². The number of carbonyl (C=O) groups is 3. The van der Waals surface area contributed by atoms with Gasteiger partial charge in [-0.05, 0) is 113 Å². The number of urea groups is 1. The molecule has 2 saturated heterocycles. The van der Waals surface area contributed by atoms with Gasteiger partial charge in [-0.2, -0.15) is 4.98 Å². The highest BCUT2D eigenvalue weighted by Gasteiger charge is 2.41. The van der Waals surface area contributed by atoms with E-state index in [1.807, 2.05) is 42.2 Å². The number of piperidine rings is 2. The van der Waals surface area contributed by atoms with Crippen molar-refractivity contribution in [3.63, 3.8) is 0 Å². The Balaban J connectivity index is 0.813. The number of nitrogens with zero attached hydrogens (tertiary/aromatic N) is 5. The van der Waals surface area contributed by atoms with Crippen molar-refractivity contribution >= 4 is 46.4 Å². The van der Waals surface area contributed by atoms with Gasteiger partial charge < -0.3 is 24.6 Å². The van der Waals surface area contributed by atoms with Gasteiger partial charge in [0.1, 0.15) is 24.0 Å². The summed E-state index contributed by atoms with van der Waals surface area (Å²) in [5.41, 5.74) is 5.30. The summed E-state index contributed by atoms with van der Waals surface area (Å²) >= 11 is 6.50. The van der Waals surface area contributed by atoms with Gasteiger partial charge in [0.2, 0.25) is 5.91 Å². The summed E-state index contributed by atoms with van der Waals surface area (Å²) in [5.74, 6) is 2.90. The molecule has 11 nitrogen and oxygen atoms in total. The minimum Gasteiger partial charge on any atom is -0.490 e. The maximum Gasteiger partial charge on any atom is 0.321 e. The van der Waals surface area contributed by atoms with Gasteiger partial charge in [0.25, 0.3) is 5.56 Å². The number of likely N-dealkylation sites (tertiary alicyclic amines) is 2. The normalized spacial score (nSPS) is 20.8. The largest absolute Gasteiger partial charge is 0.490 e. The minimum absolute atomic E-state index is 0.00952. The number of aldehydes is 1. The summed E-state index contributed by atoms with van der Waals surface area (Å²) in [4.78, 5) is 60.9. The van der Waals surface area contributed by atoms with Gasteiger partial charge in [-0.1, -0.05) is 35.9 Å². The van der Waals surface area contributed by atoms with Crippen molar-refractivity contribution < 1.29 is 19.1 Å². The molecule has 12 heteroatoms. The van der Waals surface area contributed by atoms with E-state index in [1.165, 1.54) is 11.1 Å². The molecule has 3 aromatic carbocycles. The quantitative estimate of drug-likeness (QED) is 0.172. The number of fused-ring (bicyclic) bond motifs is 5. The fraction of sp³-hybridized carbons (Fsp3) is 0.489. The Hall–Kier alpha value is -4.74. The van der Waals surface area contributed by atoms with Crippen LogP contribution in [0.3, 0.4) is 0 Å². The number of aromatic nitrogens is 2. The first-order chi connectivity index (χ1) is 27.5. The first kappa shape index (κ1) is 39.1. The van der Waals surface area contributed by atoms with Crippen LogP contribution in [0.25, 0.3) is 16.6 Å². The number of amides is 3. The molecule has 3 fully saturated rings. The van der Waals surface area contributed by atoms with Crippen molar-refractivity contribution in [1.82, 2.24) is 24.7 Å². The smallest absolute Gasteiger partial charge is 0.321 e. The third-order valence-electron chi connectivity index (χ3n) is 13.0. The topological polar surface area (TPSA) is 117 Å². The van der Waals surface area contributed by atoms with Crippen molar-refractivity contribution in [2.75, 3.05) is 51.2 Å². The van der Waals surface area contributed by atoms with Crippen molar-refractivity contribution in [2.45, 2.75) is 83.2 Å². The predicted octanol–water partition coefficient (Wildman–Crippen LogP) is 7.00. The van der Waals surface area contributed by atoms with E-state index in [0.717, 1.165) is 98.5 Å². The van der Waals surface area contributed by atoms with Gasteiger partial charge in [0, 0.05) is 64.0 Å². The zero-order valence-electron chi connectivity index (χ0n) is 33.4. The second-order valence-electron chi connectivity index (χ2n) is 16.9. The van der Waals surface area contributed by atoms with Crippen LogP contribution in [0.2, 0.25) is 5.02 Å². The lowest BCUT2D eigenvalue weighted by Crippen LogP contribution is -2.49. The van der Waals surface area contributed by atoms with Crippen LogP contribution in [0.15, 0.2) is 59.4 Å². The molecule has 57 heavy (non-hydrogen) atoms. The molecule has 4 heterocycles. The molecule has 8 rings (SSSR count). The Labute approximate surface area is 339 Å². The number of benzene rings is 3. The van der Waals surface area contributed by atoms with Gasteiger partial charge in [0.15, 0.2) is 0 Å². The summed E-state index contributed by atoms with van der Waals surface area (Å²) in [5, 5.41) is 3.56. The second kappa shape index (κ2) is 15.9. The highest BCUT2D eigenvalue weighted by atomic mass is 35.5. The molecular formula is C45H53ClN6O5. The molecule has 1 aromatic heterocycles. The lowest BCUT2D eigenvalue weighted by Gasteiger charge is -2.43. The Morgan fingerprint density at radius 3 is 2.47 bits per heavy atom. The van der Waals surface area contributed by atoms with Gasteiger partial charge in [-0.25, -0.2) is 4.79 Å². The summed E-state index contributed by atoms with van der Waals surface area (Å²) in [6.45, 7) is 11.0. The predicted molar refractivity (Wildman–Crippen MR) is 223 cm³/mol. The van der Waals surface area contributed by atoms with E-state index in [1.54, 1.807) is 18.0 Å². The molecule has 3 aliphatic heterocycles. The molecule has 0 radical (unpaired) electrons. The van der Waals surface area contributed by atoms with Crippen LogP contribution < -0.4 is 20.5 Å². The van der Waals surface area contributed by atoms with Crippen molar-refractivity contribution in [3.8, 4) is 11.4 Å².